The van der Waals surface area contributed by atoms with Crippen LogP contribution in [0.4, 0.5) is 0 Å². The van der Waals surface area contributed by atoms with Gasteiger partial charge in [0.15, 0.2) is 0 Å². The Balaban J connectivity index is 1.45. The van der Waals surface area contributed by atoms with Gasteiger partial charge in [-0.25, -0.2) is 4.79 Å². The van der Waals surface area contributed by atoms with Gasteiger partial charge in [-0.1, -0.05) is 30.3 Å². The first-order valence-electron chi connectivity index (χ1n) is 9.53. The van der Waals surface area contributed by atoms with Crippen LogP contribution in [0.1, 0.15) is 11.1 Å². The Kier molecular flexibility index (Phi) is 5.23. The maximum Gasteiger partial charge on any atom is 0.336 e. The van der Waals surface area contributed by atoms with Crippen LogP contribution >= 0.6 is 0 Å². The van der Waals surface area contributed by atoms with Crippen LogP contribution in [0.5, 0.6) is 5.75 Å². The predicted molar refractivity (Wildman–Crippen MR) is 104 cm³/mol. The minimum Gasteiger partial charge on any atom is -0.497 e. The molecule has 1 fully saturated rings. The Morgan fingerprint density at radius 3 is 2.33 bits per heavy atom. The number of hydrogen-bond acceptors (Lipinski definition) is 3. The molecule has 140 valence electrons. The standard InChI is InChI=1S/C22H24N2O3/c1-26-19-7-8-21-20(14-19)18(13-22(25)27-21)16-24-11-9-23(10-12-24)15-17-5-3-2-4-6-17/h2-8,13-14H,9-12,15-16H2,1H3/p+2. The van der Waals surface area contributed by atoms with E-state index in [0.717, 1.165) is 56.0 Å². The van der Waals surface area contributed by atoms with Crippen molar-refractivity contribution in [1.29, 1.82) is 0 Å². The molecule has 1 aliphatic rings. The Labute approximate surface area is 158 Å². The molecular formula is C22H26N2O3+2. The topological polar surface area (TPSA) is 48.3 Å². The van der Waals surface area contributed by atoms with Crippen LogP contribution < -0.4 is 20.2 Å². The van der Waals surface area contributed by atoms with Crippen molar-refractivity contribution in [2.45, 2.75) is 13.1 Å². The number of fused-ring (bicyclic) bond motifs is 1. The second-order valence-corrected chi connectivity index (χ2v) is 7.29. The summed E-state index contributed by atoms with van der Waals surface area (Å²) in [5, 5.41) is 0.973. The lowest BCUT2D eigenvalue weighted by molar-refractivity contribution is -1.02. The summed E-state index contributed by atoms with van der Waals surface area (Å²) in [6, 6.07) is 17.9. The van der Waals surface area contributed by atoms with E-state index in [4.69, 9.17) is 9.15 Å². The van der Waals surface area contributed by atoms with Crippen molar-refractivity contribution in [2.24, 2.45) is 0 Å². The maximum atomic E-state index is 11.9. The highest BCUT2D eigenvalue weighted by molar-refractivity contribution is 5.81. The predicted octanol–water partition coefficient (Wildman–Crippen LogP) is 0.285. The summed E-state index contributed by atoms with van der Waals surface area (Å²) in [6.07, 6.45) is 0. The molecule has 1 aliphatic heterocycles. The lowest BCUT2D eigenvalue weighted by Crippen LogP contribution is -3.27. The fourth-order valence-corrected chi connectivity index (χ4v) is 3.94. The van der Waals surface area contributed by atoms with Gasteiger partial charge in [0.05, 0.1) is 7.11 Å². The van der Waals surface area contributed by atoms with Crippen LogP contribution in [-0.4, -0.2) is 33.3 Å². The number of ether oxygens (including phenoxy) is 1. The summed E-state index contributed by atoms with van der Waals surface area (Å²) < 4.78 is 10.7. The van der Waals surface area contributed by atoms with Gasteiger partial charge < -0.3 is 19.0 Å². The van der Waals surface area contributed by atoms with Crippen LogP contribution in [0.25, 0.3) is 11.0 Å². The van der Waals surface area contributed by atoms with Gasteiger partial charge in [-0.2, -0.15) is 0 Å². The van der Waals surface area contributed by atoms with Gasteiger partial charge >= 0.3 is 5.63 Å². The van der Waals surface area contributed by atoms with Gasteiger partial charge in [-0.15, -0.1) is 0 Å². The highest BCUT2D eigenvalue weighted by atomic mass is 16.5. The molecule has 5 heteroatoms. The normalized spacial score (nSPS) is 19.9. The van der Waals surface area contributed by atoms with Gasteiger partial charge in [0.2, 0.25) is 0 Å². The maximum absolute atomic E-state index is 11.9. The van der Waals surface area contributed by atoms with E-state index in [9.17, 15) is 4.79 Å². The highest BCUT2D eigenvalue weighted by Gasteiger charge is 2.24. The smallest absolute Gasteiger partial charge is 0.336 e. The summed E-state index contributed by atoms with van der Waals surface area (Å²) in [5.74, 6) is 0.782. The summed E-state index contributed by atoms with van der Waals surface area (Å²) in [6.45, 7) is 6.43. The summed E-state index contributed by atoms with van der Waals surface area (Å²) in [5.41, 5.74) is 2.79. The number of rotatable bonds is 5. The quantitative estimate of drug-likeness (QED) is 0.638. The molecule has 0 spiro atoms. The Hall–Kier alpha value is -2.63. The number of piperazine rings is 1. The zero-order valence-electron chi connectivity index (χ0n) is 15.7. The molecule has 1 saturated heterocycles. The average molecular weight is 366 g/mol. The van der Waals surface area contributed by atoms with Crippen LogP contribution in [0.15, 0.2) is 63.8 Å². The first-order chi connectivity index (χ1) is 13.2. The molecule has 2 N–H and O–H groups in total. The minimum absolute atomic E-state index is 0.282. The van der Waals surface area contributed by atoms with Crippen molar-refractivity contribution >= 4 is 11.0 Å². The number of methoxy groups -OCH3 is 1. The summed E-state index contributed by atoms with van der Waals surface area (Å²) in [4.78, 5) is 15.1. The molecule has 0 unspecified atom stereocenters. The van der Waals surface area contributed by atoms with E-state index in [-0.39, 0.29) is 5.63 Å². The van der Waals surface area contributed by atoms with Gasteiger partial charge in [0.25, 0.3) is 0 Å². The van der Waals surface area contributed by atoms with E-state index < -0.39 is 0 Å². The molecule has 0 bridgehead atoms. The molecule has 0 amide bonds. The third-order valence-electron chi connectivity index (χ3n) is 5.44. The van der Waals surface area contributed by atoms with E-state index in [0.29, 0.717) is 5.58 Å². The fourth-order valence-electron chi connectivity index (χ4n) is 3.94. The molecular weight excluding hydrogens is 340 g/mol. The number of nitrogens with one attached hydrogen (secondary N) is 2. The number of quaternary nitrogens is 2. The first kappa shape index (κ1) is 17.8. The lowest BCUT2D eigenvalue weighted by atomic mass is 10.1. The molecule has 4 rings (SSSR count). The molecule has 0 radical (unpaired) electrons. The Morgan fingerprint density at radius 2 is 1.63 bits per heavy atom. The Bertz CT molecular complexity index is 960. The molecule has 2 heterocycles. The first-order valence-corrected chi connectivity index (χ1v) is 9.53. The van der Waals surface area contributed by atoms with E-state index in [1.54, 1.807) is 18.1 Å². The van der Waals surface area contributed by atoms with E-state index in [1.165, 1.54) is 10.5 Å². The molecule has 0 atom stereocenters. The molecule has 5 nitrogen and oxygen atoms in total. The largest absolute Gasteiger partial charge is 0.497 e. The average Bonchev–Trinajstić information content (AvgIpc) is 2.70. The van der Waals surface area contributed by atoms with Crippen LogP contribution in [0.3, 0.4) is 0 Å². The SMILES string of the molecule is COc1ccc2oc(=O)cc(C[NH+]3CC[NH+](Cc4ccccc4)CC3)c2c1. The van der Waals surface area contributed by atoms with Crippen LogP contribution in [0.2, 0.25) is 0 Å². The third-order valence-corrected chi connectivity index (χ3v) is 5.44. The second-order valence-electron chi connectivity index (χ2n) is 7.29. The monoisotopic (exact) mass is 366 g/mol. The van der Waals surface area contributed by atoms with Gasteiger partial charge in [-0.3, -0.25) is 0 Å². The molecule has 2 aromatic carbocycles. The lowest BCUT2D eigenvalue weighted by Gasteiger charge is -2.30. The number of hydrogen-bond donors (Lipinski definition) is 2. The second kappa shape index (κ2) is 7.94. The summed E-state index contributed by atoms with van der Waals surface area (Å²) >= 11 is 0. The molecule has 1 aromatic heterocycles. The zero-order chi connectivity index (χ0) is 18.6. The fraction of sp³-hybridized carbons (Fsp3) is 0.318. The van der Waals surface area contributed by atoms with E-state index in [2.05, 4.69) is 30.3 Å². The molecule has 0 aliphatic carbocycles. The minimum atomic E-state index is -0.282. The van der Waals surface area contributed by atoms with Crippen LogP contribution in [0, 0.1) is 0 Å². The van der Waals surface area contributed by atoms with Crippen molar-refractivity contribution in [3.63, 3.8) is 0 Å². The van der Waals surface area contributed by atoms with Gasteiger partial charge in [0, 0.05) is 22.6 Å². The van der Waals surface area contributed by atoms with Crippen molar-refractivity contribution in [2.75, 3.05) is 33.3 Å². The molecule has 0 saturated carbocycles. The van der Waals surface area contributed by atoms with E-state index in [1.807, 2.05) is 18.2 Å². The van der Waals surface area contributed by atoms with E-state index >= 15 is 0 Å². The third kappa shape index (κ3) is 4.21. The number of benzene rings is 2. The zero-order valence-corrected chi connectivity index (χ0v) is 15.7. The summed E-state index contributed by atoms with van der Waals surface area (Å²) in [7, 11) is 1.65. The van der Waals surface area contributed by atoms with Crippen molar-refractivity contribution in [3.05, 3.63) is 76.1 Å². The Morgan fingerprint density at radius 1 is 0.926 bits per heavy atom. The van der Waals surface area contributed by atoms with Crippen molar-refractivity contribution in [3.8, 4) is 5.75 Å². The van der Waals surface area contributed by atoms with Crippen molar-refractivity contribution in [1.82, 2.24) is 0 Å². The van der Waals surface area contributed by atoms with Gasteiger partial charge in [-0.05, 0) is 18.2 Å². The molecule has 3 aromatic rings. The van der Waals surface area contributed by atoms with Crippen molar-refractivity contribution < 1.29 is 19.0 Å². The van der Waals surface area contributed by atoms with Gasteiger partial charge in [0.1, 0.15) is 50.6 Å². The van der Waals surface area contributed by atoms with Crippen LogP contribution in [-0.2, 0) is 13.1 Å². The highest BCUT2D eigenvalue weighted by Crippen LogP contribution is 2.22. The molecule has 27 heavy (non-hydrogen) atoms.